The van der Waals surface area contributed by atoms with Crippen LogP contribution >= 0.6 is 0 Å². The second kappa shape index (κ2) is 7.06. The molecule has 1 aromatic carbocycles. The second-order valence-electron chi connectivity index (χ2n) is 5.18. The molecule has 1 aliphatic carbocycles. The van der Waals surface area contributed by atoms with Crippen molar-refractivity contribution in [3.8, 4) is 0 Å². The first kappa shape index (κ1) is 14.5. The molecule has 0 heterocycles. The molecule has 1 atom stereocenters. The molecule has 0 amide bonds. The van der Waals surface area contributed by atoms with E-state index in [1.807, 2.05) is 12.2 Å². The molecule has 0 aliphatic heterocycles. The molecule has 2 N–H and O–H groups in total. The van der Waals surface area contributed by atoms with Crippen LogP contribution < -0.4 is 5.73 Å². The van der Waals surface area contributed by atoms with Crippen LogP contribution in [0.2, 0.25) is 0 Å². The first-order valence-electron chi connectivity index (χ1n) is 7.25. The largest absolute Gasteiger partial charge is 0.330 e. The van der Waals surface area contributed by atoms with Gasteiger partial charge in [0.05, 0.1) is 0 Å². The van der Waals surface area contributed by atoms with Crippen LogP contribution in [0, 0.1) is 0 Å². The lowest BCUT2D eigenvalue weighted by Crippen LogP contribution is -2.08. The number of hydrogen-bond acceptors (Lipinski definition) is 1. The SMILES string of the molecule is C=CC1=C(\C=C)CC(CCCN)c2ccccc2/C=C\1. The maximum Gasteiger partial charge on any atom is -0.00771 e. The van der Waals surface area contributed by atoms with Gasteiger partial charge in [0.25, 0.3) is 0 Å². The molecule has 1 aliphatic rings. The van der Waals surface area contributed by atoms with Gasteiger partial charge in [-0.1, -0.05) is 61.7 Å². The Balaban J connectivity index is 2.46. The number of nitrogens with two attached hydrogens (primary N) is 1. The standard InChI is InChI=1S/C19H23N/c1-3-15-11-12-17-8-5-6-10-19(17)18(9-7-13-20)14-16(15)4-2/h3-6,8,10-12,18H,1-2,7,9,13-14,20H2/b12-11-,16-15-. The van der Waals surface area contributed by atoms with Crippen LogP contribution in [-0.2, 0) is 0 Å². The number of hydrogen-bond donors (Lipinski definition) is 1. The van der Waals surface area contributed by atoms with E-state index in [1.165, 1.54) is 22.3 Å². The average Bonchev–Trinajstić information content (AvgIpc) is 2.48. The van der Waals surface area contributed by atoms with E-state index in [-0.39, 0.29) is 0 Å². The Labute approximate surface area is 122 Å². The van der Waals surface area contributed by atoms with Gasteiger partial charge in [-0.3, -0.25) is 0 Å². The van der Waals surface area contributed by atoms with Crippen molar-refractivity contribution in [1.29, 1.82) is 0 Å². The fourth-order valence-corrected chi connectivity index (χ4v) is 2.84. The van der Waals surface area contributed by atoms with Gasteiger partial charge in [0.2, 0.25) is 0 Å². The molecule has 1 unspecified atom stereocenters. The molecular formula is C19H23N. The van der Waals surface area contributed by atoms with E-state index >= 15 is 0 Å². The van der Waals surface area contributed by atoms with Gasteiger partial charge in [-0.05, 0) is 54.0 Å². The van der Waals surface area contributed by atoms with E-state index in [4.69, 9.17) is 5.73 Å². The predicted molar refractivity (Wildman–Crippen MR) is 88.5 cm³/mol. The van der Waals surface area contributed by atoms with Crippen LogP contribution in [0.25, 0.3) is 6.08 Å². The van der Waals surface area contributed by atoms with Gasteiger partial charge in [-0.2, -0.15) is 0 Å². The summed E-state index contributed by atoms with van der Waals surface area (Å²) >= 11 is 0. The molecule has 0 aromatic heterocycles. The molecule has 0 spiro atoms. The smallest absolute Gasteiger partial charge is 0.00771 e. The third-order valence-electron chi connectivity index (χ3n) is 3.94. The van der Waals surface area contributed by atoms with Crippen molar-refractivity contribution < 1.29 is 0 Å². The van der Waals surface area contributed by atoms with E-state index < -0.39 is 0 Å². The highest BCUT2D eigenvalue weighted by atomic mass is 14.5. The van der Waals surface area contributed by atoms with Crippen molar-refractivity contribution >= 4 is 6.08 Å². The lowest BCUT2D eigenvalue weighted by molar-refractivity contribution is 0.593. The maximum atomic E-state index is 5.69. The van der Waals surface area contributed by atoms with Crippen molar-refractivity contribution in [2.45, 2.75) is 25.2 Å². The molecule has 2 rings (SSSR count). The fourth-order valence-electron chi connectivity index (χ4n) is 2.84. The zero-order chi connectivity index (χ0) is 14.4. The maximum absolute atomic E-state index is 5.69. The molecule has 0 fully saturated rings. The number of fused-ring (bicyclic) bond motifs is 1. The zero-order valence-corrected chi connectivity index (χ0v) is 12.0. The Kier molecular flexibility index (Phi) is 5.14. The molecule has 104 valence electrons. The Bertz CT molecular complexity index is 549. The quantitative estimate of drug-likeness (QED) is 0.827. The van der Waals surface area contributed by atoms with E-state index in [1.54, 1.807) is 0 Å². The molecule has 20 heavy (non-hydrogen) atoms. The molecule has 0 saturated carbocycles. The fraction of sp³-hybridized carbons (Fsp3) is 0.263. The lowest BCUT2D eigenvalue weighted by atomic mass is 9.82. The van der Waals surface area contributed by atoms with Gasteiger partial charge in [-0.15, -0.1) is 0 Å². The van der Waals surface area contributed by atoms with E-state index in [0.29, 0.717) is 5.92 Å². The highest BCUT2D eigenvalue weighted by molar-refractivity contribution is 5.61. The highest BCUT2D eigenvalue weighted by Crippen LogP contribution is 2.34. The van der Waals surface area contributed by atoms with Gasteiger partial charge >= 0.3 is 0 Å². The van der Waals surface area contributed by atoms with Crippen molar-refractivity contribution in [3.05, 3.63) is 77.9 Å². The topological polar surface area (TPSA) is 26.0 Å². The molecule has 1 heteroatoms. The Hall–Kier alpha value is -1.86. The van der Waals surface area contributed by atoms with Gasteiger partial charge in [0.15, 0.2) is 0 Å². The number of benzene rings is 1. The average molecular weight is 265 g/mol. The predicted octanol–water partition coefficient (Wildman–Crippen LogP) is 4.59. The van der Waals surface area contributed by atoms with Crippen molar-refractivity contribution in [1.82, 2.24) is 0 Å². The summed E-state index contributed by atoms with van der Waals surface area (Å²) in [6.45, 7) is 8.63. The van der Waals surface area contributed by atoms with Crippen molar-refractivity contribution in [2.24, 2.45) is 5.73 Å². The van der Waals surface area contributed by atoms with E-state index in [9.17, 15) is 0 Å². The van der Waals surface area contributed by atoms with Crippen LogP contribution in [0.4, 0.5) is 0 Å². The molecule has 1 aromatic rings. The first-order valence-corrected chi connectivity index (χ1v) is 7.25. The third kappa shape index (κ3) is 3.17. The Morgan fingerprint density at radius 3 is 2.65 bits per heavy atom. The normalized spacial score (nSPS) is 23.4. The molecule has 0 bridgehead atoms. The van der Waals surface area contributed by atoms with Crippen LogP contribution in [0.1, 0.15) is 36.3 Å². The second-order valence-corrected chi connectivity index (χ2v) is 5.18. The number of allylic oxidation sites excluding steroid dienone is 5. The molecule has 1 nitrogen and oxygen atoms in total. The van der Waals surface area contributed by atoms with Crippen molar-refractivity contribution in [3.63, 3.8) is 0 Å². The summed E-state index contributed by atoms with van der Waals surface area (Å²) < 4.78 is 0. The highest BCUT2D eigenvalue weighted by Gasteiger charge is 2.17. The Morgan fingerprint density at radius 2 is 1.95 bits per heavy atom. The van der Waals surface area contributed by atoms with Crippen molar-refractivity contribution in [2.75, 3.05) is 6.54 Å². The van der Waals surface area contributed by atoms with E-state index in [2.05, 4.69) is 49.6 Å². The summed E-state index contributed by atoms with van der Waals surface area (Å²) in [4.78, 5) is 0. The van der Waals surface area contributed by atoms with E-state index in [0.717, 1.165) is 25.8 Å². The minimum atomic E-state index is 0.502. The summed E-state index contributed by atoms with van der Waals surface area (Å²) in [6.07, 6.45) is 11.4. The monoisotopic (exact) mass is 265 g/mol. The van der Waals surface area contributed by atoms with Crippen LogP contribution in [-0.4, -0.2) is 6.54 Å². The third-order valence-corrected chi connectivity index (χ3v) is 3.94. The number of rotatable bonds is 5. The summed E-state index contributed by atoms with van der Waals surface area (Å²) in [7, 11) is 0. The summed E-state index contributed by atoms with van der Waals surface area (Å²) in [6, 6.07) is 8.63. The zero-order valence-electron chi connectivity index (χ0n) is 12.0. The van der Waals surface area contributed by atoms with Crippen LogP contribution in [0.15, 0.2) is 66.8 Å². The summed E-state index contributed by atoms with van der Waals surface area (Å²) in [5.41, 5.74) is 10.9. The Morgan fingerprint density at radius 1 is 1.15 bits per heavy atom. The van der Waals surface area contributed by atoms with Gasteiger partial charge in [0, 0.05) is 0 Å². The van der Waals surface area contributed by atoms with Gasteiger partial charge in [0.1, 0.15) is 0 Å². The molecule has 0 saturated heterocycles. The minimum absolute atomic E-state index is 0.502. The van der Waals surface area contributed by atoms with Crippen LogP contribution in [0.5, 0.6) is 0 Å². The molecular weight excluding hydrogens is 242 g/mol. The van der Waals surface area contributed by atoms with Crippen LogP contribution in [0.3, 0.4) is 0 Å². The van der Waals surface area contributed by atoms with Gasteiger partial charge < -0.3 is 5.73 Å². The summed E-state index contributed by atoms with van der Waals surface area (Å²) in [5, 5.41) is 0. The summed E-state index contributed by atoms with van der Waals surface area (Å²) in [5.74, 6) is 0.502. The van der Waals surface area contributed by atoms with Gasteiger partial charge in [-0.25, -0.2) is 0 Å². The minimum Gasteiger partial charge on any atom is -0.330 e. The first-order chi connectivity index (χ1) is 9.80. The molecule has 0 radical (unpaired) electrons. The lowest BCUT2D eigenvalue weighted by Gasteiger charge is -2.23.